The lowest BCUT2D eigenvalue weighted by atomic mass is 9.97. The topological polar surface area (TPSA) is 108 Å². The highest BCUT2D eigenvalue weighted by Gasteiger charge is 2.53. The summed E-state index contributed by atoms with van der Waals surface area (Å²) in [6.07, 6.45) is -5.43. The molecule has 2 saturated heterocycles. The minimum absolute atomic E-state index is 0.0726. The molecule has 0 aromatic heterocycles. The summed E-state index contributed by atoms with van der Waals surface area (Å²) in [5.74, 6) is -0.645. The van der Waals surface area contributed by atoms with Crippen LogP contribution in [0.15, 0.2) is 30.3 Å². The Morgan fingerprint density at radius 1 is 1.00 bits per heavy atom. The number of esters is 1. The van der Waals surface area contributed by atoms with Gasteiger partial charge in [-0.1, -0.05) is 44.2 Å². The van der Waals surface area contributed by atoms with E-state index in [4.69, 9.17) is 37.9 Å². The van der Waals surface area contributed by atoms with Crippen LogP contribution in [0.25, 0.3) is 0 Å². The second kappa shape index (κ2) is 12.5. The number of hydrogen-bond acceptors (Lipinski definition) is 10. The standard InChI is InChI=1S/C24H34O10/c1-14(2)21(25)28-11-12-29-24(26)34-20-19(31-15(3)4)18-17(32-23(20)27-5)13-30-22(33-18)16-9-7-6-8-10-16/h6-10,14-15,17-20,22-23H,11-13H2,1-5H3/t17?,18-,19+,20?,22?,23+/m1/s1. The third kappa shape index (κ3) is 6.89. The van der Waals surface area contributed by atoms with Crippen molar-refractivity contribution in [1.29, 1.82) is 0 Å². The SMILES string of the molecule is CO[C@H]1OC2COC(c3ccccc3)O[C@H]2[C@H](OC(C)C)C1OC(=O)OCCOC(=O)C(C)C. The number of ether oxygens (including phenoxy) is 8. The summed E-state index contributed by atoms with van der Waals surface area (Å²) in [5.41, 5.74) is 0.853. The Bertz CT molecular complexity index is 783. The highest BCUT2D eigenvalue weighted by molar-refractivity contribution is 5.71. The molecule has 0 amide bonds. The first-order chi connectivity index (χ1) is 16.3. The van der Waals surface area contributed by atoms with Gasteiger partial charge in [-0.2, -0.15) is 0 Å². The Morgan fingerprint density at radius 3 is 2.35 bits per heavy atom. The number of rotatable bonds is 9. The number of carbonyl (C=O) groups is 2. The molecule has 6 atom stereocenters. The smallest absolute Gasteiger partial charge is 0.462 e. The summed E-state index contributed by atoms with van der Waals surface area (Å²) in [6.45, 7) is 7.21. The van der Waals surface area contributed by atoms with Crippen LogP contribution in [0.2, 0.25) is 0 Å². The number of carbonyl (C=O) groups excluding carboxylic acids is 2. The van der Waals surface area contributed by atoms with E-state index in [-0.39, 0.29) is 37.8 Å². The van der Waals surface area contributed by atoms with Crippen LogP contribution in [-0.4, -0.2) is 75.9 Å². The normalized spacial score (nSPS) is 28.9. The highest BCUT2D eigenvalue weighted by atomic mass is 16.8. The molecule has 0 spiro atoms. The van der Waals surface area contributed by atoms with E-state index >= 15 is 0 Å². The first-order valence-electron chi connectivity index (χ1n) is 11.5. The first-order valence-corrected chi connectivity index (χ1v) is 11.5. The lowest BCUT2D eigenvalue weighted by molar-refractivity contribution is -0.365. The molecule has 190 valence electrons. The molecule has 0 saturated carbocycles. The van der Waals surface area contributed by atoms with Crippen molar-refractivity contribution < 1.29 is 47.5 Å². The fraction of sp³-hybridized carbons (Fsp3) is 0.667. The van der Waals surface area contributed by atoms with Crippen LogP contribution in [-0.2, 0) is 42.7 Å². The predicted octanol–water partition coefficient (Wildman–Crippen LogP) is 2.99. The Hall–Kier alpha value is -2.24. The number of methoxy groups -OCH3 is 1. The Labute approximate surface area is 199 Å². The van der Waals surface area contributed by atoms with Crippen molar-refractivity contribution in [1.82, 2.24) is 0 Å². The van der Waals surface area contributed by atoms with E-state index in [0.29, 0.717) is 0 Å². The lowest BCUT2D eigenvalue weighted by Crippen LogP contribution is -2.64. The summed E-state index contributed by atoms with van der Waals surface area (Å²) < 4.78 is 45.3. The van der Waals surface area contributed by atoms with E-state index in [0.717, 1.165) is 5.56 Å². The molecule has 3 rings (SSSR count). The summed E-state index contributed by atoms with van der Waals surface area (Å²) in [6, 6.07) is 9.51. The number of hydrogen-bond donors (Lipinski definition) is 0. The van der Waals surface area contributed by atoms with Crippen molar-refractivity contribution in [3.05, 3.63) is 35.9 Å². The van der Waals surface area contributed by atoms with Crippen LogP contribution >= 0.6 is 0 Å². The van der Waals surface area contributed by atoms with Gasteiger partial charge in [0.15, 0.2) is 18.7 Å². The molecule has 0 bridgehead atoms. The molecule has 2 aliphatic rings. The Morgan fingerprint density at radius 2 is 1.71 bits per heavy atom. The molecule has 0 radical (unpaired) electrons. The molecule has 2 heterocycles. The van der Waals surface area contributed by atoms with E-state index in [1.807, 2.05) is 44.2 Å². The molecule has 3 unspecified atom stereocenters. The fourth-order valence-electron chi connectivity index (χ4n) is 3.69. The molecule has 0 aliphatic carbocycles. The third-order valence-electron chi connectivity index (χ3n) is 5.27. The molecule has 34 heavy (non-hydrogen) atoms. The quantitative estimate of drug-likeness (QED) is 0.385. The van der Waals surface area contributed by atoms with Crippen LogP contribution in [0.4, 0.5) is 4.79 Å². The Kier molecular flexibility index (Phi) is 9.66. The van der Waals surface area contributed by atoms with Crippen LogP contribution in [0, 0.1) is 5.92 Å². The summed E-state index contributed by atoms with van der Waals surface area (Å²) >= 11 is 0. The fourth-order valence-corrected chi connectivity index (χ4v) is 3.69. The van der Waals surface area contributed by atoms with Gasteiger partial charge in [-0.15, -0.1) is 0 Å². The van der Waals surface area contributed by atoms with Crippen LogP contribution < -0.4 is 0 Å². The Balaban J connectivity index is 1.67. The van der Waals surface area contributed by atoms with Crippen LogP contribution in [0.5, 0.6) is 0 Å². The van der Waals surface area contributed by atoms with E-state index < -0.39 is 43.2 Å². The van der Waals surface area contributed by atoms with Gasteiger partial charge >= 0.3 is 12.1 Å². The minimum Gasteiger partial charge on any atom is -0.462 e. The maximum Gasteiger partial charge on any atom is 0.508 e. The van der Waals surface area contributed by atoms with E-state index in [1.165, 1.54) is 7.11 Å². The molecule has 10 heteroatoms. The zero-order chi connectivity index (χ0) is 24.7. The zero-order valence-corrected chi connectivity index (χ0v) is 20.2. The minimum atomic E-state index is -0.964. The molecule has 1 aromatic rings. The molecular weight excluding hydrogens is 448 g/mol. The van der Waals surface area contributed by atoms with Crippen molar-refractivity contribution in [3.63, 3.8) is 0 Å². The highest BCUT2D eigenvalue weighted by Crippen LogP contribution is 2.37. The van der Waals surface area contributed by atoms with Gasteiger partial charge in [-0.25, -0.2) is 4.79 Å². The molecule has 0 N–H and O–H groups in total. The summed E-state index contributed by atoms with van der Waals surface area (Å²) in [5, 5.41) is 0. The molecule has 10 nitrogen and oxygen atoms in total. The van der Waals surface area contributed by atoms with Gasteiger partial charge < -0.3 is 37.9 Å². The van der Waals surface area contributed by atoms with Crippen molar-refractivity contribution in [2.45, 2.75) is 70.8 Å². The largest absolute Gasteiger partial charge is 0.508 e. The van der Waals surface area contributed by atoms with E-state index in [2.05, 4.69) is 0 Å². The van der Waals surface area contributed by atoms with Crippen LogP contribution in [0.1, 0.15) is 39.5 Å². The van der Waals surface area contributed by atoms with Crippen molar-refractivity contribution >= 4 is 12.1 Å². The second-order valence-corrected chi connectivity index (χ2v) is 8.61. The van der Waals surface area contributed by atoms with Crippen LogP contribution in [0.3, 0.4) is 0 Å². The van der Waals surface area contributed by atoms with Gasteiger partial charge in [0, 0.05) is 12.7 Å². The molecule has 2 fully saturated rings. The number of benzene rings is 1. The maximum absolute atomic E-state index is 12.4. The number of fused-ring (bicyclic) bond motifs is 1. The molecular formula is C24H34O10. The second-order valence-electron chi connectivity index (χ2n) is 8.61. The third-order valence-corrected chi connectivity index (χ3v) is 5.27. The average molecular weight is 483 g/mol. The zero-order valence-electron chi connectivity index (χ0n) is 20.2. The van der Waals surface area contributed by atoms with Gasteiger partial charge in [-0.05, 0) is 13.8 Å². The van der Waals surface area contributed by atoms with Crippen molar-refractivity contribution in [3.8, 4) is 0 Å². The first kappa shape index (κ1) is 26.4. The average Bonchev–Trinajstić information content (AvgIpc) is 2.82. The molecule has 2 aliphatic heterocycles. The summed E-state index contributed by atoms with van der Waals surface area (Å²) in [7, 11) is 1.45. The predicted molar refractivity (Wildman–Crippen MR) is 118 cm³/mol. The van der Waals surface area contributed by atoms with Gasteiger partial charge in [0.05, 0.1) is 18.6 Å². The van der Waals surface area contributed by atoms with E-state index in [1.54, 1.807) is 13.8 Å². The molecule has 1 aromatic carbocycles. The van der Waals surface area contributed by atoms with Gasteiger partial charge in [0.2, 0.25) is 0 Å². The van der Waals surface area contributed by atoms with Gasteiger partial charge in [0.25, 0.3) is 0 Å². The van der Waals surface area contributed by atoms with E-state index in [9.17, 15) is 9.59 Å². The van der Waals surface area contributed by atoms with Crippen molar-refractivity contribution in [2.24, 2.45) is 5.92 Å². The lowest BCUT2D eigenvalue weighted by Gasteiger charge is -2.48. The monoisotopic (exact) mass is 482 g/mol. The maximum atomic E-state index is 12.4. The van der Waals surface area contributed by atoms with Crippen molar-refractivity contribution in [2.75, 3.05) is 26.9 Å². The van der Waals surface area contributed by atoms with Gasteiger partial charge in [-0.3, -0.25) is 4.79 Å². The van der Waals surface area contributed by atoms with Gasteiger partial charge in [0.1, 0.15) is 31.5 Å². The summed E-state index contributed by atoms with van der Waals surface area (Å²) in [4.78, 5) is 23.9.